The van der Waals surface area contributed by atoms with Gasteiger partial charge in [0.1, 0.15) is 17.8 Å². The van der Waals surface area contributed by atoms with Crippen LogP contribution in [0.2, 0.25) is 0 Å². The van der Waals surface area contributed by atoms with Crippen molar-refractivity contribution in [3.63, 3.8) is 0 Å². The molecule has 0 spiro atoms. The van der Waals surface area contributed by atoms with Crippen molar-refractivity contribution in [2.24, 2.45) is 0 Å². The summed E-state index contributed by atoms with van der Waals surface area (Å²) in [6.07, 6.45) is 5.98. The van der Waals surface area contributed by atoms with Crippen LogP contribution in [0.5, 0.6) is 0 Å². The molecule has 59 heavy (non-hydrogen) atoms. The molecule has 0 bridgehead atoms. The van der Waals surface area contributed by atoms with Crippen LogP contribution >= 0.6 is 0 Å². The molecular formula is C41H76N8O10. The first-order chi connectivity index (χ1) is 28.0. The van der Waals surface area contributed by atoms with Crippen LogP contribution in [0.3, 0.4) is 0 Å². The summed E-state index contributed by atoms with van der Waals surface area (Å²) in [5.74, 6) is 0. The Labute approximate surface area is 352 Å². The van der Waals surface area contributed by atoms with E-state index in [0.29, 0.717) is 70.7 Å². The second-order valence-corrected chi connectivity index (χ2v) is 17.5. The fourth-order valence-corrected chi connectivity index (χ4v) is 7.12. The second-order valence-electron chi connectivity index (χ2n) is 17.5. The number of alkyl carbamates (subject to hydrolysis) is 3. The maximum Gasteiger partial charge on any atom is 0.407 e. The molecule has 3 rings (SSSR count). The molecule has 18 nitrogen and oxygen atoms in total. The molecule has 4 unspecified atom stereocenters. The van der Waals surface area contributed by atoms with Gasteiger partial charge in [0.2, 0.25) is 6.35 Å². The molecule has 0 aromatic carbocycles. The van der Waals surface area contributed by atoms with Crippen LogP contribution in [0.25, 0.3) is 0 Å². The van der Waals surface area contributed by atoms with Crippen molar-refractivity contribution in [2.45, 2.75) is 148 Å². The average Bonchev–Trinajstić information content (AvgIpc) is 4.05. The van der Waals surface area contributed by atoms with Gasteiger partial charge in [-0.05, 0) is 80.1 Å². The number of amides is 7. The number of unbranched alkanes of at least 4 members (excludes halogenated alkanes) is 9. The van der Waals surface area contributed by atoms with Crippen LogP contribution < -0.4 is 16.0 Å². The molecule has 0 aliphatic carbocycles. The monoisotopic (exact) mass is 841 g/mol. The number of aliphatic hydroxyl groups excluding tert-OH is 1. The average molecular weight is 841 g/mol. The second kappa shape index (κ2) is 25.2. The first kappa shape index (κ1) is 49.8. The molecule has 0 aromatic rings. The van der Waals surface area contributed by atoms with Crippen molar-refractivity contribution in [2.75, 3.05) is 85.8 Å². The number of carbonyl (C=O) groups is 5. The lowest BCUT2D eigenvalue weighted by Gasteiger charge is -2.44. The minimum absolute atomic E-state index is 0.183. The van der Waals surface area contributed by atoms with E-state index in [1.165, 1.54) is 21.8 Å². The molecule has 0 aromatic heterocycles. The highest BCUT2D eigenvalue weighted by Crippen LogP contribution is 2.24. The van der Waals surface area contributed by atoms with Gasteiger partial charge < -0.3 is 40.0 Å². The number of hydrogen-bond donors (Lipinski definition) is 4. The number of nitrogens with zero attached hydrogens (tertiary/aromatic N) is 5. The highest BCUT2D eigenvalue weighted by Gasteiger charge is 2.42. The summed E-state index contributed by atoms with van der Waals surface area (Å²) in [5, 5.41) is 19.7. The number of imide groups is 1. The molecule has 340 valence electrons. The van der Waals surface area contributed by atoms with Gasteiger partial charge in [-0.2, -0.15) is 0 Å². The summed E-state index contributed by atoms with van der Waals surface area (Å²) in [6.45, 7) is 18.1. The predicted molar refractivity (Wildman–Crippen MR) is 223 cm³/mol. The van der Waals surface area contributed by atoms with Crippen molar-refractivity contribution < 1.29 is 48.0 Å². The van der Waals surface area contributed by atoms with Crippen LogP contribution in [0.15, 0.2) is 0 Å². The standard InChI is InChI=1S/C41H76N8O10/c1-32-28-45(32)30-40(3,4)58-35(51)43-21-15-9-12-18-24-48-37(53)47(23-17-11-8-14-20-42-34(50)57-27-26-56-7)38(54)49(39(48)55)25-19-13-10-16-22-44-36(52)59-41(5,6)31-46-29-33(46)2/h32-33,39,55H,8-31H2,1-7H3,(H,42,50)(H,43,51)(H,44,52). The van der Waals surface area contributed by atoms with Gasteiger partial charge >= 0.3 is 30.3 Å². The third kappa shape index (κ3) is 19.5. The van der Waals surface area contributed by atoms with Crippen molar-refractivity contribution in [3.05, 3.63) is 0 Å². The van der Waals surface area contributed by atoms with Crippen LogP contribution in [0.4, 0.5) is 24.0 Å². The number of hydrogen-bond acceptors (Lipinski definition) is 12. The van der Waals surface area contributed by atoms with E-state index in [9.17, 15) is 29.1 Å². The number of methoxy groups -OCH3 is 1. The van der Waals surface area contributed by atoms with Crippen LogP contribution in [0, 0.1) is 0 Å². The number of carbonyl (C=O) groups excluding carboxylic acids is 5. The van der Waals surface area contributed by atoms with Gasteiger partial charge in [0, 0.05) is 84.6 Å². The Kier molecular flexibility index (Phi) is 21.3. The summed E-state index contributed by atoms with van der Waals surface area (Å²) in [7, 11) is 1.53. The Morgan fingerprint density at radius 2 is 0.983 bits per heavy atom. The van der Waals surface area contributed by atoms with E-state index >= 15 is 0 Å². The van der Waals surface area contributed by atoms with E-state index in [0.717, 1.165) is 70.9 Å². The Hall–Kier alpha value is -3.61. The minimum Gasteiger partial charge on any atom is -0.447 e. The number of nitrogens with one attached hydrogen (secondary N) is 3. The summed E-state index contributed by atoms with van der Waals surface area (Å²) in [5.41, 5.74) is -1.14. The van der Waals surface area contributed by atoms with E-state index < -0.39 is 47.9 Å². The molecule has 0 saturated carbocycles. The summed E-state index contributed by atoms with van der Waals surface area (Å²) in [4.78, 5) is 72.1. The Morgan fingerprint density at radius 3 is 1.37 bits per heavy atom. The lowest BCUT2D eigenvalue weighted by molar-refractivity contribution is -0.0938. The first-order valence-electron chi connectivity index (χ1n) is 21.9. The fraction of sp³-hybridized carbons (Fsp3) is 0.878. The van der Waals surface area contributed by atoms with Crippen molar-refractivity contribution in [3.8, 4) is 0 Å². The Bertz CT molecular complexity index is 1240. The number of rotatable bonds is 30. The summed E-state index contributed by atoms with van der Waals surface area (Å²) in [6, 6.07) is 0.0545. The molecule has 0 radical (unpaired) electrons. The maximum absolute atomic E-state index is 13.6. The van der Waals surface area contributed by atoms with Crippen LogP contribution in [-0.2, 0) is 18.9 Å². The zero-order valence-electron chi connectivity index (χ0n) is 37.1. The van der Waals surface area contributed by atoms with Gasteiger partial charge in [-0.25, -0.2) is 28.9 Å². The smallest absolute Gasteiger partial charge is 0.407 e. The van der Waals surface area contributed by atoms with E-state index in [4.69, 9.17) is 18.9 Å². The zero-order chi connectivity index (χ0) is 43.4. The lowest BCUT2D eigenvalue weighted by atomic mass is 10.1. The molecule has 3 aliphatic rings. The summed E-state index contributed by atoms with van der Waals surface area (Å²) >= 11 is 0. The highest BCUT2D eigenvalue weighted by molar-refractivity contribution is 5.96. The normalized spacial score (nSPS) is 21.6. The van der Waals surface area contributed by atoms with Crippen LogP contribution in [0.1, 0.15) is 119 Å². The molecule has 18 heteroatoms. The molecule has 3 saturated heterocycles. The summed E-state index contributed by atoms with van der Waals surface area (Å²) < 4.78 is 21.1. The van der Waals surface area contributed by atoms with Gasteiger partial charge in [-0.1, -0.05) is 38.5 Å². The van der Waals surface area contributed by atoms with E-state index in [1.807, 2.05) is 27.7 Å². The topological polar surface area (TPSA) is 194 Å². The lowest BCUT2D eigenvalue weighted by Crippen LogP contribution is -2.66. The molecular weight excluding hydrogens is 764 g/mol. The van der Waals surface area contributed by atoms with Gasteiger partial charge in [-0.15, -0.1) is 0 Å². The third-order valence-electron chi connectivity index (χ3n) is 10.7. The molecule has 4 atom stereocenters. The molecule has 3 heterocycles. The van der Waals surface area contributed by atoms with Crippen molar-refractivity contribution >= 4 is 30.3 Å². The van der Waals surface area contributed by atoms with Gasteiger partial charge in [0.15, 0.2) is 0 Å². The van der Waals surface area contributed by atoms with Crippen LogP contribution in [-0.4, -0.2) is 175 Å². The maximum atomic E-state index is 13.6. The first-order valence-corrected chi connectivity index (χ1v) is 21.9. The van der Waals surface area contributed by atoms with Gasteiger partial charge in [0.05, 0.1) is 6.61 Å². The molecule has 4 N–H and O–H groups in total. The van der Waals surface area contributed by atoms with Gasteiger partial charge in [0.25, 0.3) is 0 Å². The largest absolute Gasteiger partial charge is 0.447 e. The van der Waals surface area contributed by atoms with Crippen molar-refractivity contribution in [1.82, 2.24) is 40.4 Å². The quantitative estimate of drug-likeness (QED) is 0.0435. The number of ether oxygens (including phenoxy) is 4. The Balaban J connectivity index is 1.40. The van der Waals surface area contributed by atoms with E-state index in [-0.39, 0.29) is 26.2 Å². The van der Waals surface area contributed by atoms with Crippen molar-refractivity contribution in [1.29, 1.82) is 0 Å². The van der Waals surface area contributed by atoms with E-state index in [2.05, 4.69) is 39.6 Å². The number of aliphatic hydroxyl groups is 1. The SMILES string of the molecule is COCCOC(=O)NCCCCCCN1C(=O)N(CCCCCCNC(=O)OC(C)(C)CN2CC2C)C(O)N(CCCCCCNC(=O)OC(C)(C)CN2CC2C)C1=O. The fourth-order valence-electron chi connectivity index (χ4n) is 7.12. The Morgan fingerprint density at radius 1 is 0.610 bits per heavy atom. The zero-order valence-corrected chi connectivity index (χ0v) is 37.1. The third-order valence-corrected chi connectivity index (χ3v) is 10.7. The van der Waals surface area contributed by atoms with Gasteiger partial charge in [-0.3, -0.25) is 19.6 Å². The number of urea groups is 2. The molecule has 7 amide bonds. The predicted octanol–water partition coefficient (Wildman–Crippen LogP) is 4.89. The minimum atomic E-state index is -1.37. The molecule has 3 aliphatic heterocycles. The van der Waals surface area contributed by atoms with E-state index in [1.54, 1.807) is 0 Å². The molecule has 3 fully saturated rings. The highest BCUT2D eigenvalue weighted by atomic mass is 16.6.